The van der Waals surface area contributed by atoms with Crippen LogP contribution in [0.15, 0.2) is 18.5 Å². The van der Waals surface area contributed by atoms with E-state index in [1.165, 1.54) is 17.5 Å². The number of nitrogens with zero attached hydrogens (tertiary/aromatic N) is 5. The average Bonchev–Trinajstić information content (AvgIpc) is 3.07. The Kier molecular flexibility index (Phi) is 3.18. The van der Waals surface area contributed by atoms with Gasteiger partial charge in [0.05, 0.1) is 5.69 Å². The molecular formula is C13H12ClN5. The van der Waals surface area contributed by atoms with Gasteiger partial charge in [0.2, 0.25) is 0 Å². The summed E-state index contributed by atoms with van der Waals surface area (Å²) in [5.74, 6) is 0.727. The van der Waals surface area contributed by atoms with E-state index in [1.807, 2.05) is 0 Å². The van der Waals surface area contributed by atoms with Gasteiger partial charge < -0.3 is 0 Å². The second kappa shape index (κ2) is 4.98. The minimum absolute atomic E-state index is 0.301. The first-order valence-electron chi connectivity index (χ1n) is 6.27. The van der Waals surface area contributed by atoms with E-state index in [0.29, 0.717) is 22.6 Å². The number of hydrogen-bond acceptors (Lipinski definition) is 4. The molecule has 1 saturated carbocycles. The molecule has 6 heteroatoms. The van der Waals surface area contributed by atoms with Crippen LogP contribution in [0.5, 0.6) is 0 Å². The van der Waals surface area contributed by atoms with Crippen LogP contribution in [-0.2, 0) is 0 Å². The zero-order valence-corrected chi connectivity index (χ0v) is 11.0. The molecule has 1 aliphatic rings. The van der Waals surface area contributed by atoms with Gasteiger partial charge in [0, 0.05) is 18.3 Å². The second-order valence-electron chi connectivity index (χ2n) is 4.60. The van der Waals surface area contributed by atoms with Crippen molar-refractivity contribution in [3.63, 3.8) is 0 Å². The molecule has 2 aromatic rings. The monoisotopic (exact) mass is 273 g/mol. The Morgan fingerprint density at radius 3 is 2.58 bits per heavy atom. The van der Waals surface area contributed by atoms with Crippen molar-refractivity contribution in [1.29, 1.82) is 5.26 Å². The quantitative estimate of drug-likeness (QED) is 0.844. The molecule has 3 rings (SSSR count). The van der Waals surface area contributed by atoms with E-state index in [0.717, 1.165) is 18.5 Å². The van der Waals surface area contributed by atoms with Crippen molar-refractivity contribution in [2.24, 2.45) is 0 Å². The average molecular weight is 274 g/mol. The first-order chi connectivity index (χ1) is 9.31. The molecule has 1 fully saturated rings. The summed E-state index contributed by atoms with van der Waals surface area (Å²) in [5.41, 5.74) is 1.25. The van der Waals surface area contributed by atoms with Crippen LogP contribution < -0.4 is 0 Å². The van der Waals surface area contributed by atoms with Crippen molar-refractivity contribution in [3.8, 4) is 12.0 Å². The summed E-state index contributed by atoms with van der Waals surface area (Å²) in [6, 6.07) is 3.89. The molecule has 2 heterocycles. The Morgan fingerprint density at radius 1 is 1.26 bits per heavy atom. The molecule has 19 heavy (non-hydrogen) atoms. The SMILES string of the molecule is N#Cc1c(C2CCCC2)nn(-c2ncccn2)c1Cl. The molecule has 0 aromatic carbocycles. The smallest absolute Gasteiger partial charge is 0.220 e. The second-order valence-corrected chi connectivity index (χ2v) is 4.96. The summed E-state index contributed by atoms with van der Waals surface area (Å²) in [6.07, 6.45) is 7.75. The van der Waals surface area contributed by atoms with E-state index in [-0.39, 0.29) is 0 Å². The molecule has 5 nitrogen and oxygen atoms in total. The first-order valence-corrected chi connectivity index (χ1v) is 6.65. The predicted molar refractivity (Wildman–Crippen MR) is 70.1 cm³/mol. The van der Waals surface area contributed by atoms with Gasteiger partial charge in [0.25, 0.3) is 5.95 Å². The van der Waals surface area contributed by atoms with Gasteiger partial charge >= 0.3 is 0 Å². The van der Waals surface area contributed by atoms with Gasteiger partial charge in [-0.25, -0.2) is 9.97 Å². The van der Waals surface area contributed by atoms with E-state index in [1.54, 1.807) is 18.5 Å². The molecular weight excluding hydrogens is 262 g/mol. The molecule has 0 N–H and O–H groups in total. The summed E-state index contributed by atoms with van der Waals surface area (Å²) in [6.45, 7) is 0. The Labute approximate surface area is 115 Å². The summed E-state index contributed by atoms with van der Waals surface area (Å²) in [5, 5.41) is 14.1. The molecule has 0 atom stereocenters. The van der Waals surface area contributed by atoms with Gasteiger partial charge in [-0.1, -0.05) is 24.4 Å². The highest BCUT2D eigenvalue weighted by molar-refractivity contribution is 6.31. The van der Waals surface area contributed by atoms with Crippen molar-refractivity contribution in [1.82, 2.24) is 19.7 Å². The van der Waals surface area contributed by atoms with E-state index < -0.39 is 0 Å². The van der Waals surface area contributed by atoms with E-state index in [4.69, 9.17) is 11.6 Å². The van der Waals surface area contributed by atoms with Crippen LogP contribution in [0.4, 0.5) is 0 Å². The van der Waals surface area contributed by atoms with Gasteiger partial charge in [0.15, 0.2) is 5.15 Å². The maximum atomic E-state index is 9.29. The third-order valence-electron chi connectivity index (χ3n) is 3.45. The van der Waals surface area contributed by atoms with Crippen LogP contribution in [-0.4, -0.2) is 19.7 Å². The maximum absolute atomic E-state index is 9.29. The fourth-order valence-electron chi connectivity index (χ4n) is 2.53. The predicted octanol–water partition coefficient (Wildman–Crippen LogP) is 2.84. The van der Waals surface area contributed by atoms with Gasteiger partial charge in [0.1, 0.15) is 11.6 Å². The van der Waals surface area contributed by atoms with Crippen LogP contribution in [0.1, 0.15) is 42.9 Å². The van der Waals surface area contributed by atoms with E-state index in [2.05, 4.69) is 21.1 Å². The van der Waals surface area contributed by atoms with E-state index in [9.17, 15) is 5.26 Å². The Bertz CT molecular complexity index is 622. The molecule has 0 amide bonds. The molecule has 0 spiro atoms. The Balaban J connectivity index is 2.10. The lowest BCUT2D eigenvalue weighted by atomic mass is 10.0. The molecule has 2 aromatic heterocycles. The molecule has 96 valence electrons. The van der Waals surface area contributed by atoms with Crippen molar-refractivity contribution >= 4 is 11.6 Å². The number of aromatic nitrogens is 4. The Morgan fingerprint density at radius 2 is 1.95 bits per heavy atom. The van der Waals surface area contributed by atoms with Crippen LogP contribution in [0.25, 0.3) is 5.95 Å². The van der Waals surface area contributed by atoms with Crippen molar-refractivity contribution in [2.75, 3.05) is 0 Å². The highest BCUT2D eigenvalue weighted by Gasteiger charge is 2.27. The lowest BCUT2D eigenvalue weighted by Gasteiger charge is -2.04. The molecule has 0 unspecified atom stereocenters. The number of halogens is 1. The molecule has 0 bridgehead atoms. The summed E-state index contributed by atoms with van der Waals surface area (Å²) >= 11 is 6.24. The van der Waals surface area contributed by atoms with Crippen molar-refractivity contribution in [3.05, 3.63) is 34.9 Å². The summed E-state index contributed by atoms with van der Waals surface area (Å²) < 4.78 is 1.45. The minimum atomic E-state index is 0.301. The highest BCUT2D eigenvalue weighted by Crippen LogP contribution is 2.37. The molecule has 0 aliphatic heterocycles. The third kappa shape index (κ3) is 2.08. The topological polar surface area (TPSA) is 67.4 Å². The standard InChI is InChI=1S/C13H12ClN5/c14-12-10(8-15)11(9-4-1-2-5-9)18-19(12)13-16-6-3-7-17-13/h3,6-7,9H,1-2,4-5H2. The Hall–Kier alpha value is -1.93. The molecule has 0 saturated heterocycles. The van der Waals surface area contributed by atoms with Crippen LogP contribution in [0.3, 0.4) is 0 Å². The van der Waals surface area contributed by atoms with Crippen molar-refractivity contribution in [2.45, 2.75) is 31.6 Å². The highest BCUT2D eigenvalue weighted by atomic mass is 35.5. The lowest BCUT2D eigenvalue weighted by molar-refractivity contribution is 0.670. The van der Waals surface area contributed by atoms with Gasteiger partial charge in [-0.2, -0.15) is 15.0 Å². The normalized spacial score (nSPS) is 15.6. The molecule has 0 radical (unpaired) electrons. The first kappa shape index (κ1) is 12.1. The van der Waals surface area contributed by atoms with Gasteiger partial charge in [-0.3, -0.25) is 0 Å². The fraction of sp³-hybridized carbons (Fsp3) is 0.385. The number of rotatable bonds is 2. The van der Waals surface area contributed by atoms with Gasteiger partial charge in [-0.05, 0) is 18.9 Å². The van der Waals surface area contributed by atoms with Crippen LogP contribution in [0, 0.1) is 11.3 Å². The van der Waals surface area contributed by atoms with Crippen LogP contribution in [0.2, 0.25) is 5.15 Å². The summed E-state index contributed by atoms with van der Waals surface area (Å²) in [4.78, 5) is 8.24. The summed E-state index contributed by atoms with van der Waals surface area (Å²) in [7, 11) is 0. The lowest BCUT2D eigenvalue weighted by Crippen LogP contribution is -2.03. The fourth-order valence-corrected chi connectivity index (χ4v) is 2.79. The number of hydrogen-bond donors (Lipinski definition) is 0. The van der Waals surface area contributed by atoms with Gasteiger partial charge in [-0.15, -0.1) is 0 Å². The third-order valence-corrected chi connectivity index (χ3v) is 3.80. The van der Waals surface area contributed by atoms with E-state index >= 15 is 0 Å². The maximum Gasteiger partial charge on any atom is 0.251 e. The zero-order chi connectivity index (χ0) is 13.2. The largest absolute Gasteiger partial charge is 0.251 e. The number of nitriles is 1. The zero-order valence-electron chi connectivity index (χ0n) is 10.3. The molecule has 1 aliphatic carbocycles. The van der Waals surface area contributed by atoms with Crippen molar-refractivity contribution < 1.29 is 0 Å². The van der Waals surface area contributed by atoms with Crippen LogP contribution >= 0.6 is 11.6 Å². The minimum Gasteiger partial charge on any atom is -0.220 e.